The minimum atomic E-state index is -1.09. The molecular weight excluding hydrogens is 414 g/mol. The van der Waals surface area contributed by atoms with Crippen molar-refractivity contribution in [2.75, 3.05) is 11.9 Å². The monoisotopic (exact) mass is 431 g/mol. The fourth-order valence-corrected chi connectivity index (χ4v) is 4.11. The van der Waals surface area contributed by atoms with Crippen LogP contribution in [0.1, 0.15) is 23.7 Å². The van der Waals surface area contributed by atoms with E-state index in [2.05, 4.69) is 10.3 Å². The van der Waals surface area contributed by atoms with Gasteiger partial charge in [0.25, 0.3) is 0 Å². The van der Waals surface area contributed by atoms with Gasteiger partial charge in [0, 0.05) is 23.7 Å². The first kappa shape index (κ1) is 20.9. The molecule has 1 aliphatic rings. The Balaban J connectivity index is 1.81. The van der Waals surface area contributed by atoms with Gasteiger partial charge in [0.2, 0.25) is 11.8 Å². The standard InChI is InChI=1S/C20H18ClN3O4S/c1-2-24-17(25)11-16(29-20(24)23-15-8-4-6-13(21)10-15)18(26)22-14-7-3-5-12(9-14)19(27)28/h3-10,16H,2,11H2,1H3,(H,22,26)(H,27,28)/t16-/m1/s1. The highest BCUT2D eigenvalue weighted by atomic mass is 35.5. The predicted octanol–water partition coefficient (Wildman–Crippen LogP) is 4.02. The summed E-state index contributed by atoms with van der Waals surface area (Å²) < 4.78 is 0. The lowest BCUT2D eigenvalue weighted by Gasteiger charge is -2.30. The smallest absolute Gasteiger partial charge is 0.335 e. The van der Waals surface area contributed by atoms with Crippen LogP contribution >= 0.6 is 23.4 Å². The Bertz CT molecular complexity index is 995. The number of amides is 2. The van der Waals surface area contributed by atoms with Crippen LogP contribution in [0.2, 0.25) is 5.02 Å². The third kappa shape index (κ3) is 5.16. The molecule has 0 radical (unpaired) electrons. The van der Waals surface area contributed by atoms with E-state index in [1.54, 1.807) is 36.4 Å². The highest BCUT2D eigenvalue weighted by molar-refractivity contribution is 8.15. The lowest BCUT2D eigenvalue weighted by Crippen LogP contribution is -2.45. The minimum Gasteiger partial charge on any atom is -0.478 e. The van der Waals surface area contributed by atoms with Gasteiger partial charge in [0.1, 0.15) is 5.25 Å². The van der Waals surface area contributed by atoms with Gasteiger partial charge in [-0.05, 0) is 43.3 Å². The Morgan fingerprint density at radius 2 is 2.03 bits per heavy atom. The first-order valence-electron chi connectivity index (χ1n) is 8.83. The molecule has 1 saturated heterocycles. The average Bonchev–Trinajstić information content (AvgIpc) is 2.68. The molecule has 0 saturated carbocycles. The molecule has 1 heterocycles. The van der Waals surface area contributed by atoms with E-state index in [0.717, 1.165) is 0 Å². The van der Waals surface area contributed by atoms with E-state index in [1.807, 2.05) is 6.92 Å². The summed E-state index contributed by atoms with van der Waals surface area (Å²) >= 11 is 7.19. The molecule has 0 aliphatic carbocycles. The maximum Gasteiger partial charge on any atom is 0.335 e. The lowest BCUT2D eigenvalue weighted by atomic mass is 10.2. The van der Waals surface area contributed by atoms with Crippen molar-refractivity contribution in [2.24, 2.45) is 4.99 Å². The largest absolute Gasteiger partial charge is 0.478 e. The second-order valence-electron chi connectivity index (χ2n) is 6.20. The van der Waals surface area contributed by atoms with E-state index in [0.29, 0.717) is 28.1 Å². The number of hydrogen-bond acceptors (Lipinski definition) is 5. The highest BCUT2D eigenvalue weighted by Crippen LogP contribution is 2.30. The Kier molecular flexibility index (Phi) is 6.56. The number of aromatic carboxylic acids is 1. The van der Waals surface area contributed by atoms with E-state index >= 15 is 0 Å². The zero-order valence-corrected chi connectivity index (χ0v) is 17.0. The molecule has 1 aliphatic heterocycles. The van der Waals surface area contributed by atoms with Gasteiger partial charge in [0.15, 0.2) is 5.17 Å². The zero-order valence-electron chi connectivity index (χ0n) is 15.5. The van der Waals surface area contributed by atoms with Crippen LogP contribution in [0.15, 0.2) is 53.5 Å². The molecule has 0 aromatic heterocycles. The molecule has 7 nitrogen and oxygen atoms in total. The van der Waals surface area contributed by atoms with E-state index < -0.39 is 11.2 Å². The van der Waals surface area contributed by atoms with Crippen molar-refractivity contribution in [3.63, 3.8) is 0 Å². The number of nitrogens with zero attached hydrogens (tertiary/aromatic N) is 2. The van der Waals surface area contributed by atoms with Crippen LogP contribution in [0.25, 0.3) is 0 Å². The van der Waals surface area contributed by atoms with Gasteiger partial charge < -0.3 is 10.4 Å². The molecule has 0 bridgehead atoms. The second-order valence-corrected chi connectivity index (χ2v) is 7.80. The predicted molar refractivity (Wildman–Crippen MR) is 114 cm³/mol. The van der Waals surface area contributed by atoms with Gasteiger partial charge in [-0.3, -0.25) is 14.5 Å². The highest BCUT2D eigenvalue weighted by Gasteiger charge is 2.35. The summed E-state index contributed by atoms with van der Waals surface area (Å²) in [6.07, 6.45) is 0.0253. The molecule has 0 spiro atoms. The average molecular weight is 432 g/mol. The molecule has 2 N–H and O–H groups in total. The molecule has 9 heteroatoms. The van der Waals surface area contributed by atoms with Crippen molar-refractivity contribution in [1.82, 2.24) is 4.90 Å². The van der Waals surface area contributed by atoms with Gasteiger partial charge >= 0.3 is 5.97 Å². The molecular formula is C20H18ClN3O4S. The Labute approximate surface area is 176 Å². The second kappa shape index (κ2) is 9.11. The van der Waals surface area contributed by atoms with Crippen molar-refractivity contribution in [2.45, 2.75) is 18.6 Å². The number of amidine groups is 1. The van der Waals surface area contributed by atoms with Crippen molar-refractivity contribution in [3.05, 3.63) is 59.1 Å². The summed E-state index contributed by atoms with van der Waals surface area (Å²) in [5.41, 5.74) is 1.01. The van der Waals surface area contributed by atoms with E-state index in [-0.39, 0.29) is 23.8 Å². The Morgan fingerprint density at radius 1 is 1.28 bits per heavy atom. The Hall–Kier alpha value is -2.84. The number of hydrogen-bond donors (Lipinski definition) is 2. The molecule has 29 heavy (non-hydrogen) atoms. The summed E-state index contributed by atoms with van der Waals surface area (Å²) in [6, 6.07) is 12.9. The van der Waals surface area contributed by atoms with Crippen LogP contribution < -0.4 is 5.32 Å². The number of carbonyl (C=O) groups is 3. The van der Waals surface area contributed by atoms with E-state index in [4.69, 9.17) is 16.7 Å². The van der Waals surface area contributed by atoms with Crippen LogP contribution in [-0.4, -0.2) is 44.8 Å². The number of thioether (sulfide) groups is 1. The van der Waals surface area contributed by atoms with Gasteiger partial charge in [-0.25, -0.2) is 9.79 Å². The maximum absolute atomic E-state index is 12.7. The van der Waals surface area contributed by atoms with Gasteiger partial charge in [-0.1, -0.05) is 35.5 Å². The maximum atomic E-state index is 12.7. The van der Waals surface area contributed by atoms with Crippen molar-refractivity contribution >= 4 is 57.7 Å². The SMILES string of the molecule is CCN1C(=O)C[C@H](C(=O)Nc2cccc(C(=O)O)c2)SC1=Nc1cccc(Cl)c1. The van der Waals surface area contributed by atoms with Crippen molar-refractivity contribution in [3.8, 4) is 0 Å². The van der Waals surface area contributed by atoms with Crippen LogP contribution in [0, 0.1) is 0 Å². The fraction of sp³-hybridized carbons (Fsp3) is 0.200. The summed E-state index contributed by atoms with van der Waals surface area (Å²) in [6.45, 7) is 2.27. The number of benzene rings is 2. The summed E-state index contributed by atoms with van der Waals surface area (Å²) in [5, 5.41) is 12.0. The molecule has 2 amide bonds. The number of carboxylic acids is 1. The number of nitrogens with one attached hydrogen (secondary N) is 1. The topological polar surface area (TPSA) is 99.1 Å². The van der Waals surface area contributed by atoms with Crippen molar-refractivity contribution < 1.29 is 19.5 Å². The van der Waals surface area contributed by atoms with Crippen LogP contribution in [0.5, 0.6) is 0 Å². The molecule has 1 atom stereocenters. The molecule has 2 aromatic rings. The van der Waals surface area contributed by atoms with E-state index in [1.165, 1.54) is 28.8 Å². The van der Waals surface area contributed by atoms with Gasteiger partial charge in [-0.15, -0.1) is 0 Å². The fourth-order valence-electron chi connectivity index (χ4n) is 2.76. The van der Waals surface area contributed by atoms with Crippen LogP contribution in [0.4, 0.5) is 11.4 Å². The van der Waals surface area contributed by atoms with Crippen LogP contribution in [-0.2, 0) is 9.59 Å². The normalized spacial score (nSPS) is 18.0. The lowest BCUT2D eigenvalue weighted by molar-refractivity contribution is -0.129. The van der Waals surface area contributed by atoms with Crippen molar-refractivity contribution in [1.29, 1.82) is 0 Å². The first-order chi connectivity index (χ1) is 13.9. The van der Waals surface area contributed by atoms with Gasteiger partial charge in [0.05, 0.1) is 11.3 Å². The number of rotatable bonds is 5. The van der Waals surface area contributed by atoms with E-state index in [9.17, 15) is 14.4 Å². The minimum absolute atomic E-state index is 0.0253. The zero-order chi connectivity index (χ0) is 21.0. The Morgan fingerprint density at radius 3 is 2.72 bits per heavy atom. The third-order valence-corrected chi connectivity index (χ3v) is 5.58. The molecule has 3 rings (SSSR count). The number of halogens is 1. The summed E-state index contributed by atoms with van der Waals surface area (Å²) in [5.74, 6) is -1.68. The molecule has 0 unspecified atom stereocenters. The molecule has 1 fully saturated rings. The quantitative estimate of drug-likeness (QED) is 0.744. The molecule has 150 valence electrons. The number of aliphatic imine (C=N–C) groups is 1. The summed E-state index contributed by atoms with van der Waals surface area (Å²) in [7, 11) is 0. The van der Waals surface area contributed by atoms with Crippen LogP contribution in [0.3, 0.4) is 0 Å². The number of carbonyl (C=O) groups excluding carboxylic acids is 2. The first-order valence-corrected chi connectivity index (χ1v) is 10.1. The van der Waals surface area contributed by atoms with Gasteiger partial charge in [-0.2, -0.15) is 0 Å². The molecule has 2 aromatic carbocycles. The summed E-state index contributed by atoms with van der Waals surface area (Å²) in [4.78, 5) is 42.4. The number of carboxylic acid groups (broad SMARTS) is 1. The number of anilines is 1. The third-order valence-electron chi connectivity index (χ3n) is 4.16.